The van der Waals surface area contributed by atoms with Crippen LogP contribution in [0.4, 0.5) is 0 Å². The molecule has 0 aliphatic heterocycles. The van der Waals surface area contributed by atoms with Crippen LogP contribution < -0.4 is 0 Å². The van der Waals surface area contributed by atoms with Gasteiger partial charge in [0, 0.05) is 6.54 Å². The van der Waals surface area contributed by atoms with E-state index in [4.69, 9.17) is 12.2 Å². The van der Waals surface area contributed by atoms with Gasteiger partial charge in [-0.3, -0.25) is 0 Å². The van der Waals surface area contributed by atoms with E-state index in [0.29, 0.717) is 0 Å². The van der Waals surface area contributed by atoms with Gasteiger partial charge in [0.2, 0.25) is 0 Å². The van der Waals surface area contributed by atoms with Crippen LogP contribution in [0.5, 0.6) is 0 Å². The van der Waals surface area contributed by atoms with Crippen molar-refractivity contribution < 1.29 is 0 Å². The van der Waals surface area contributed by atoms with E-state index >= 15 is 0 Å². The first-order chi connectivity index (χ1) is 9.24. The predicted molar refractivity (Wildman–Crippen MR) is 82.9 cm³/mol. The van der Waals surface area contributed by atoms with Gasteiger partial charge in [0.1, 0.15) is 0 Å². The highest BCUT2D eigenvalue weighted by atomic mass is 32.1. The minimum atomic E-state index is 0.866. The molecule has 3 rings (SSSR count). The molecule has 0 spiro atoms. The van der Waals surface area contributed by atoms with Crippen LogP contribution in [0.15, 0.2) is 24.3 Å². The number of fused-ring (bicyclic) bond motifs is 1. The van der Waals surface area contributed by atoms with Gasteiger partial charge in [-0.25, -0.2) is 0 Å². The third-order valence-corrected chi connectivity index (χ3v) is 4.81. The molecule has 1 saturated carbocycles. The van der Waals surface area contributed by atoms with E-state index in [1.54, 1.807) is 0 Å². The van der Waals surface area contributed by atoms with Crippen LogP contribution in [0, 0.1) is 16.6 Å². The molecule has 2 aromatic rings. The monoisotopic (exact) mass is 274 g/mol. The maximum absolute atomic E-state index is 5.45. The Bertz CT molecular complexity index is 610. The van der Waals surface area contributed by atoms with Gasteiger partial charge in [0.15, 0.2) is 4.77 Å². The zero-order chi connectivity index (χ0) is 13.2. The largest absolute Gasteiger partial charge is 0.331 e. The van der Waals surface area contributed by atoms with E-state index in [-0.39, 0.29) is 0 Å². The molecule has 3 heteroatoms. The van der Waals surface area contributed by atoms with Crippen LogP contribution in [-0.2, 0) is 6.54 Å². The third kappa shape index (κ3) is 2.76. The Hall–Kier alpha value is -1.09. The average molecular weight is 274 g/mol. The van der Waals surface area contributed by atoms with E-state index in [1.807, 2.05) is 0 Å². The summed E-state index contributed by atoms with van der Waals surface area (Å²) in [5, 5.41) is 0. The second-order valence-corrected chi connectivity index (χ2v) is 6.41. The fourth-order valence-electron chi connectivity index (χ4n) is 3.46. The van der Waals surface area contributed by atoms with Gasteiger partial charge in [-0.2, -0.15) is 0 Å². The van der Waals surface area contributed by atoms with Crippen molar-refractivity contribution in [2.75, 3.05) is 0 Å². The lowest BCUT2D eigenvalue weighted by atomic mass is 9.81. The number of hydrogen-bond donors (Lipinski definition) is 1. The lowest BCUT2D eigenvalue weighted by Gasteiger charge is -2.26. The molecular formula is C16H22N2S. The summed E-state index contributed by atoms with van der Waals surface area (Å²) in [6.07, 6.45) is 6.89. The lowest BCUT2D eigenvalue weighted by Crippen LogP contribution is -2.15. The van der Waals surface area contributed by atoms with Crippen molar-refractivity contribution in [1.29, 1.82) is 0 Å². The molecular weight excluding hydrogens is 252 g/mol. The van der Waals surface area contributed by atoms with Gasteiger partial charge < -0.3 is 9.55 Å². The molecule has 102 valence electrons. The van der Waals surface area contributed by atoms with Gasteiger partial charge in [0.05, 0.1) is 11.0 Å². The number of nitrogens with zero attached hydrogens (tertiary/aromatic N) is 1. The Labute approximate surface area is 119 Å². The Balaban J connectivity index is 1.75. The van der Waals surface area contributed by atoms with E-state index in [0.717, 1.165) is 28.7 Å². The van der Waals surface area contributed by atoms with Crippen molar-refractivity contribution in [3.05, 3.63) is 29.0 Å². The smallest absolute Gasteiger partial charge is 0.178 e. The van der Waals surface area contributed by atoms with Gasteiger partial charge >= 0.3 is 0 Å². The number of para-hydroxylation sites is 2. The Kier molecular flexibility index (Phi) is 3.74. The third-order valence-electron chi connectivity index (χ3n) is 4.49. The van der Waals surface area contributed by atoms with E-state index < -0.39 is 0 Å². The highest BCUT2D eigenvalue weighted by Gasteiger charge is 2.18. The summed E-state index contributed by atoms with van der Waals surface area (Å²) < 4.78 is 3.13. The van der Waals surface area contributed by atoms with Gasteiger partial charge in [0.25, 0.3) is 0 Å². The molecule has 1 fully saturated rings. The first kappa shape index (κ1) is 12.9. The maximum Gasteiger partial charge on any atom is 0.178 e. The zero-order valence-corrected chi connectivity index (χ0v) is 12.4. The first-order valence-corrected chi connectivity index (χ1v) is 7.82. The highest BCUT2D eigenvalue weighted by molar-refractivity contribution is 7.71. The fourth-order valence-corrected chi connectivity index (χ4v) is 3.76. The Morgan fingerprint density at radius 2 is 2.16 bits per heavy atom. The fraction of sp³-hybridized carbons (Fsp3) is 0.562. The predicted octanol–water partition coefficient (Wildman–Crippen LogP) is 4.92. The summed E-state index contributed by atoms with van der Waals surface area (Å²) in [6.45, 7) is 3.45. The molecule has 2 unspecified atom stereocenters. The zero-order valence-electron chi connectivity index (χ0n) is 11.6. The highest BCUT2D eigenvalue weighted by Crippen LogP contribution is 2.31. The van der Waals surface area contributed by atoms with Crippen LogP contribution >= 0.6 is 12.2 Å². The molecule has 1 heterocycles. The number of aromatic amines is 1. The van der Waals surface area contributed by atoms with Gasteiger partial charge in [-0.05, 0) is 49.0 Å². The van der Waals surface area contributed by atoms with Crippen LogP contribution in [0.25, 0.3) is 11.0 Å². The molecule has 1 aliphatic carbocycles. The van der Waals surface area contributed by atoms with E-state index in [9.17, 15) is 0 Å². The molecule has 0 saturated heterocycles. The number of nitrogens with one attached hydrogen (secondary N) is 1. The summed E-state index contributed by atoms with van der Waals surface area (Å²) in [5.41, 5.74) is 2.40. The van der Waals surface area contributed by atoms with Crippen molar-refractivity contribution >= 4 is 23.3 Å². The average Bonchev–Trinajstić information content (AvgIpc) is 2.72. The molecule has 0 radical (unpaired) electrons. The first-order valence-electron chi connectivity index (χ1n) is 7.41. The summed E-state index contributed by atoms with van der Waals surface area (Å²) in [6, 6.07) is 8.40. The SMILES string of the molecule is CC1CCCC(CCn2c(=S)[nH]c3ccccc32)C1. The quantitative estimate of drug-likeness (QED) is 0.788. The number of aromatic nitrogens is 2. The number of imidazole rings is 1. The van der Waals surface area contributed by atoms with Crippen molar-refractivity contribution in [3.8, 4) is 0 Å². The van der Waals surface area contributed by atoms with Crippen LogP contribution in [0.1, 0.15) is 39.0 Å². The maximum atomic E-state index is 5.45. The summed E-state index contributed by atoms with van der Waals surface area (Å²) in [4.78, 5) is 3.30. The molecule has 1 aromatic heterocycles. The van der Waals surface area contributed by atoms with E-state index in [2.05, 4.69) is 40.7 Å². The van der Waals surface area contributed by atoms with Crippen molar-refractivity contribution in [3.63, 3.8) is 0 Å². The second kappa shape index (κ2) is 5.49. The number of benzene rings is 1. The summed E-state index contributed by atoms with van der Waals surface area (Å²) in [5.74, 6) is 1.80. The van der Waals surface area contributed by atoms with Crippen molar-refractivity contribution in [2.24, 2.45) is 11.8 Å². The molecule has 1 aliphatic rings. The molecule has 1 N–H and O–H groups in total. The summed E-state index contributed by atoms with van der Waals surface area (Å²) >= 11 is 5.45. The standard InChI is InChI=1S/C16H22N2S/c1-12-5-4-6-13(11-12)9-10-18-15-8-3-2-7-14(15)17-16(18)19/h2-3,7-8,12-13H,4-6,9-11H2,1H3,(H,17,19). The van der Waals surface area contributed by atoms with E-state index in [1.165, 1.54) is 37.6 Å². The molecule has 1 aromatic carbocycles. The molecule has 0 amide bonds. The molecule has 2 atom stereocenters. The van der Waals surface area contributed by atoms with Crippen molar-refractivity contribution in [1.82, 2.24) is 9.55 Å². The number of rotatable bonds is 3. The molecule has 2 nitrogen and oxygen atoms in total. The topological polar surface area (TPSA) is 20.7 Å². The van der Waals surface area contributed by atoms with Crippen LogP contribution in [-0.4, -0.2) is 9.55 Å². The Morgan fingerprint density at radius 1 is 1.32 bits per heavy atom. The minimum absolute atomic E-state index is 0.866. The molecule has 19 heavy (non-hydrogen) atoms. The number of H-pyrrole nitrogens is 1. The number of aryl methyl sites for hydroxylation is 1. The van der Waals surface area contributed by atoms with Crippen LogP contribution in [0.2, 0.25) is 0 Å². The number of hydrogen-bond acceptors (Lipinski definition) is 1. The summed E-state index contributed by atoms with van der Waals surface area (Å²) in [7, 11) is 0. The van der Waals surface area contributed by atoms with Gasteiger partial charge in [-0.1, -0.05) is 38.3 Å². The second-order valence-electron chi connectivity index (χ2n) is 6.03. The normalized spacial score (nSPS) is 23.8. The lowest BCUT2D eigenvalue weighted by molar-refractivity contribution is 0.261. The molecule has 0 bridgehead atoms. The van der Waals surface area contributed by atoms with Gasteiger partial charge in [-0.15, -0.1) is 0 Å². The minimum Gasteiger partial charge on any atom is -0.331 e. The van der Waals surface area contributed by atoms with Crippen molar-refractivity contribution in [2.45, 2.75) is 45.6 Å². The van der Waals surface area contributed by atoms with Crippen LogP contribution in [0.3, 0.4) is 0 Å². The Morgan fingerprint density at radius 3 is 3.00 bits per heavy atom.